The van der Waals surface area contributed by atoms with Gasteiger partial charge >= 0.3 is 5.97 Å². The molecule has 7 nitrogen and oxygen atoms in total. The number of carbonyl (C=O) groups is 1. The fourth-order valence-electron chi connectivity index (χ4n) is 5.22. The predicted molar refractivity (Wildman–Crippen MR) is 157 cm³/mol. The monoisotopic (exact) mass is 544 g/mol. The summed E-state index contributed by atoms with van der Waals surface area (Å²) in [6, 6.07) is 18.1. The van der Waals surface area contributed by atoms with Crippen molar-refractivity contribution in [2.45, 2.75) is 33.2 Å². The van der Waals surface area contributed by atoms with Crippen LogP contribution in [-0.4, -0.2) is 41.0 Å². The Morgan fingerprint density at radius 3 is 2.67 bits per heavy atom. The van der Waals surface area contributed by atoms with Crippen LogP contribution in [0.5, 0.6) is 5.75 Å². The van der Waals surface area contributed by atoms with Crippen molar-refractivity contribution in [3.63, 3.8) is 0 Å². The molecule has 0 fully saturated rings. The van der Waals surface area contributed by atoms with Crippen LogP contribution in [0.4, 0.5) is 0 Å². The molecule has 0 bridgehead atoms. The predicted octanol–water partition coefficient (Wildman–Crippen LogP) is 6.59. The molecule has 39 heavy (non-hydrogen) atoms. The third kappa shape index (κ3) is 5.12. The van der Waals surface area contributed by atoms with Gasteiger partial charge < -0.3 is 19.8 Å². The molecule has 2 N–H and O–H groups in total. The Labute approximate surface area is 233 Å². The van der Waals surface area contributed by atoms with Crippen molar-refractivity contribution in [2.24, 2.45) is 7.05 Å². The minimum absolute atomic E-state index is 0.291. The molecule has 0 aliphatic heterocycles. The summed E-state index contributed by atoms with van der Waals surface area (Å²) in [6.07, 6.45) is 1.35. The fraction of sp³-hybridized carbons (Fsp3) is 0.290. The topological polar surface area (TPSA) is 81.2 Å². The maximum atomic E-state index is 13.1. The van der Waals surface area contributed by atoms with Gasteiger partial charge in [-0.15, -0.1) is 0 Å². The Morgan fingerprint density at radius 1 is 1.08 bits per heavy atom. The molecule has 0 aliphatic carbocycles. The zero-order chi connectivity index (χ0) is 27.5. The first-order chi connectivity index (χ1) is 18.9. The van der Waals surface area contributed by atoms with Crippen LogP contribution in [0.25, 0.3) is 32.8 Å². The number of halogens is 1. The number of nitrogens with zero attached hydrogens (tertiary/aromatic N) is 2. The Kier molecular flexibility index (Phi) is 7.91. The van der Waals surface area contributed by atoms with E-state index in [1.165, 1.54) is 0 Å². The number of aryl methyl sites for hydroxylation is 2. The molecule has 0 spiro atoms. The van der Waals surface area contributed by atoms with Gasteiger partial charge in [0.05, 0.1) is 29.4 Å². The lowest BCUT2D eigenvalue weighted by molar-refractivity contribution is 0.0519. The van der Waals surface area contributed by atoms with E-state index in [9.17, 15) is 4.79 Å². The van der Waals surface area contributed by atoms with E-state index in [0.29, 0.717) is 36.9 Å². The Morgan fingerprint density at radius 2 is 1.87 bits per heavy atom. The van der Waals surface area contributed by atoms with Gasteiger partial charge in [-0.05, 0) is 56.8 Å². The van der Waals surface area contributed by atoms with Gasteiger partial charge in [0.15, 0.2) is 0 Å². The van der Waals surface area contributed by atoms with E-state index in [-0.39, 0.29) is 5.97 Å². The third-order valence-corrected chi connectivity index (χ3v) is 7.40. The molecule has 202 valence electrons. The number of rotatable bonds is 10. The van der Waals surface area contributed by atoms with Crippen LogP contribution < -0.4 is 10.1 Å². The van der Waals surface area contributed by atoms with Crippen molar-refractivity contribution in [1.29, 1.82) is 0 Å². The van der Waals surface area contributed by atoms with Gasteiger partial charge in [-0.2, -0.15) is 5.10 Å². The summed E-state index contributed by atoms with van der Waals surface area (Å²) in [5.74, 6) is 0.481. The minimum Gasteiger partial charge on any atom is -0.493 e. The number of hydrogen-bond donors (Lipinski definition) is 2. The normalized spacial score (nSPS) is 11.4. The molecule has 2 heterocycles. The van der Waals surface area contributed by atoms with Crippen molar-refractivity contribution in [2.75, 3.05) is 20.3 Å². The first-order valence-corrected chi connectivity index (χ1v) is 13.6. The minimum atomic E-state index is -0.376. The number of aromatic nitrogens is 3. The highest BCUT2D eigenvalue weighted by atomic mass is 35.5. The molecule has 0 amide bonds. The SMILES string of the molecule is CCOC(=O)c1[nH]c2c(-c3c(CNC)nn(C)c3C)c(Cl)ccc2c1CCCOc1cccc2ccccc12. The number of ether oxygens (including phenoxy) is 2. The quantitative estimate of drug-likeness (QED) is 0.153. The molecular formula is C31H33ClN4O3. The van der Waals surface area contributed by atoms with E-state index in [1.54, 1.807) is 0 Å². The first kappa shape index (κ1) is 26.8. The number of hydrogen-bond acceptors (Lipinski definition) is 5. The van der Waals surface area contributed by atoms with Crippen molar-refractivity contribution in [1.82, 2.24) is 20.1 Å². The lowest BCUT2D eigenvalue weighted by Gasteiger charge is -2.10. The molecule has 0 saturated heterocycles. The summed E-state index contributed by atoms with van der Waals surface area (Å²) >= 11 is 6.82. The fourth-order valence-corrected chi connectivity index (χ4v) is 5.47. The molecular weight excluding hydrogens is 512 g/mol. The van der Waals surface area contributed by atoms with Crippen molar-refractivity contribution in [3.05, 3.63) is 82.3 Å². The lowest BCUT2D eigenvalue weighted by atomic mass is 9.98. The zero-order valence-electron chi connectivity index (χ0n) is 22.7. The Bertz CT molecular complexity index is 1650. The molecule has 0 radical (unpaired) electrons. The van der Waals surface area contributed by atoms with Crippen LogP contribution in [0.3, 0.4) is 0 Å². The zero-order valence-corrected chi connectivity index (χ0v) is 23.5. The van der Waals surface area contributed by atoms with Gasteiger partial charge in [-0.25, -0.2) is 4.79 Å². The molecule has 0 unspecified atom stereocenters. The van der Waals surface area contributed by atoms with Crippen molar-refractivity contribution in [3.8, 4) is 16.9 Å². The van der Waals surface area contributed by atoms with Crippen LogP contribution in [-0.2, 0) is 24.8 Å². The van der Waals surface area contributed by atoms with Crippen LogP contribution in [0.2, 0.25) is 5.02 Å². The lowest BCUT2D eigenvalue weighted by Crippen LogP contribution is -2.09. The number of nitrogens with one attached hydrogen (secondary N) is 2. The number of fused-ring (bicyclic) bond motifs is 2. The van der Waals surface area contributed by atoms with E-state index in [1.807, 2.05) is 69.0 Å². The summed E-state index contributed by atoms with van der Waals surface area (Å²) in [5.41, 5.74) is 5.86. The number of H-pyrrole nitrogens is 1. The molecule has 0 saturated carbocycles. The van der Waals surface area contributed by atoms with E-state index in [0.717, 1.165) is 61.9 Å². The molecule has 5 rings (SSSR count). The second kappa shape index (κ2) is 11.5. The van der Waals surface area contributed by atoms with Crippen LogP contribution >= 0.6 is 11.6 Å². The second-order valence-electron chi connectivity index (χ2n) is 9.53. The van der Waals surface area contributed by atoms with Crippen molar-refractivity contribution >= 4 is 39.2 Å². The average molecular weight is 545 g/mol. The maximum Gasteiger partial charge on any atom is 0.355 e. The summed E-state index contributed by atoms with van der Waals surface area (Å²) in [4.78, 5) is 16.5. The largest absolute Gasteiger partial charge is 0.493 e. The van der Waals surface area contributed by atoms with Gasteiger partial charge in [0.1, 0.15) is 11.4 Å². The molecule has 2 aromatic heterocycles. The van der Waals surface area contributed by atoms with E-state index in [2.05, 4.69) is 28.5 Å². The number of carbonyl (C=O) groups excluding carboxylic acids is 1. The highest BCUT2D eigenvalue weighted by Crippen LogP contribution is 2.40. The van der Waals surface area contributed by atoms with Gasteiger partial charge in [0.2, 0.25) is 0 Å². The second-order valence-corrected chi connectivity index (χ2v) is 9.94. The van der Waals surface area contributed by atoms with Gasteiger partial charge in [-0.1, -0.05) is 54.1 Å². The summed E-state index contributed by atoms with van der Waals surface area (Å²) < 4.78 is 13.5. The standard InChI is InChI=1S/C31H33ClN4O3/c1-5-38-31(37)30-22(13-9-17-39-26-14-8-11-20-10-6-7-12-21(20)26)23-15-16-24(32)28(29(23)34-30)27-19(2)36(4)35-25(27)18-33-3/h6-8,10-12,14-16,33-34H,5,9,13,17-18H2,1-4H3. The Balaban J connectivity index is 1.51. The Hall–Kier alpha value is -3.81. The van der Waals surface area contributed by atoms with Gasteiger partial charge in [0.25, 0.3) is 0 Å². The average Bonchev–Trinajstić information content (AvgIpc) is 3.43. The van der Waals surface area contributed by atoms with Crippen LogP contribution in [0.1, 0.15) is 40.8 Å². The van der Waals surface area contributed by atoms with Crippen LogP contribution in [0, 0.1) is 6.92 Å². The van der Waals surface area contributed by atoms with Crippen LogP contribution in [0.15, 0.2) is 54.6 Å². The highest BCUT2D eigenvalue weighted by molar-refractivity contribution is 6.35. The van der Waals surface area contributed by atoms with E-state index in [4.69, 9.17) is 26.2 Å². The molecule has 8 heteroatoms. The summed E-state index contributed by atoms with van der Waals surface area (Å²) in [7, 11) is 3.81. The number of benzene rings is 3. The molecule has 5 aromatic rings. The highest BCUT2D eigenvalue weighted by Gasteiger charge is 2.25. The molecule has 0 atom stereocenters. The molecule has 0 aliphatic rings. The smallest absolute Gasteiger partial charge is 0.355 e. The maximum absolute atomic E-state index is 13.1. The molecule has 3 aromatic carbocycles. The number of aromatic amines is 1. The van der Waals surface area contributed by atoms with E-state index < -0.39 is 0 Å². The van der Waals surface area contributed by atoms with Gasteiger partial charge in [-0.3, -0.25) is 4.68 Å². The first-order valence-electron chi connectivity index (χ1n) is 13.2. The van der Waals surface area contributed by atoms with Gasteiger partial charge in [0, 0.05) is 41.2 Å². The van der Waals surface area contributed by atoms with Crippen molar-refractivity contribution < 1.29 is 14.3 Å². The van der Waals surface area contributed by atoms with E-state index >= 15 is 0 Å². The summed E-state index contributed by atoms with van der Waals surface area (Å²) in [6.45, 7) is 5.23. The third-order valence-electron chi connectivity index (χ3n) is 7.09. The summed E-state index contributed by atoms with van der Waals surface area (Å²) in [5, 5.41) is 11.7. The number of esters is 1.